The summed E-state index contributed by atoms with van der Waals surface area (Å²) in [6.45, 7) is 6.48. The van der Waals surface area contributed by atoms with E-state index in [9.17, 15) is 4.79 Å². The van der Waals surface area contributed by atoms with E-state index in [1.807, 2.05) is 14.0 Å². The fraction of sp³-hybridized carbons (Fsp3) is 0.533. The van der Waals surface area contributed by atoms with E-state index in [0.717, 1.165) is 0 Å². The Balaban J connectivity index is 2.59. The molecule has 0 saturated carbocycles. The Morgan fingerprint density at radius 3 is 2.53 bits per heavy atom. The molecule has 0 bridgehead atoms. The van der Waals surface area contributed by atoms with Gasteiger partial charge in [-0.25, -0.2) is 0 Å². The molecule has 0 saturated heterocycles. The van der Waals surface area contributed by atoms with Gasteiger partial charge in [0.05, 0.1) is 12.4 Å². The molecule has 0 aliphatic carbocycles. The number of nitrogens with one attached hydrogen (secondary N) is 1. The molecule has 1 rings (SSSR count). The predicted molar refractivity (Wildman–Crippen MR) is 81.5 cm³/mol. The van der Waals surface area contributed by atoms with Crippen LogP contribution in [-0.4, -0.2) is 30.6 Å². The molecule has 3 nitrogen and oxygen atoms in total. The van der Waals surface area contributed by atoms with E-state index in [-0.39, 0.29) is 12.0 Å². The minimum absolute atomic E-state index is 0.141. The van der Waals surface area contributed by atoms with Gasteiger partial charge in [0.15, 0.2) is 0 Å². The Morgan fingerprint density at radius 2 is 2.00 bits per heavy atom. The Labute approximate surface area is 120 Å². The number of hydrogen-bond acceptors (Lipinski definition) is 4. The van der Waals surface area contributed by atoms with E-state index in [1.165, 1.54) is 11.1 Å². The quantitative estimate of drug-likeness (QED) is 0.780. The van der Waals surface area contributed by atoms with Gasteiger partial charge < -0.3 is 10.1 Å². The van der Waals surface area contributed by atoms with E-state index in [0.29, 0.717) is 17.6 Å². The molecule has 0 fully saturated rings. The second-order valence-corrected chi connectivity index (χ2v) is 5.86. The summed E-state index contributed by atoms with van der Waals surface area (Å²) in [7, 11) is 1.95. The third-order valence-corrected chi connectivity index (χ3v) is 4.19. The van der Waals surface area contributed by atoms with E-state index >= 15 is 0 Å². The third kappa shape index (κ3) is 5.25. The first kappa shape index (κ1) is 16.1. The van der Waals surface area contributed by atoms with Gasteiger partial charge in [0.2, 0.25) is 0 Å². The molecule has 4 heteroatoms. The topological polar surface area (TPSA) is 38.3 Å². The second kappa shape index (κ2) is 8.23. The lowest BCUT2D eigenvalue weighted by atomic mass is 10.0. The highest BCUT2D eigenvalue weighted by Gasteiger charge is 2.19. The highest BCUT2D eigenvalue weighted by atomic mass is 32.2. The SMILES string of the molecule is CCOC(=O)CSC(C)C(NC)c1ccc(C)cc1. The second-order valence-electron chi connectivity index (χ2n) is 4.50. The number of rotatable bonds is 7. The number of carbonyl (C=O) groups excluding carboxylic acids is 1. The summed E-state index contributed by atoms with van der Waals surface area (Å²) in [4.78, 5) is 11.4. The number of carbonyl (C=O) groups is 1. The van der Waals surface area contributed by atoms with Crippen LogP contribution in [0.3, 0.4) is 0 Å². The van der Waals surface area contributed by atoms with E-state index < -0.39 is 0 Å². The standard InChI is InChI=1S/C15H23NO2S/c1-5-18-14(17)10-19-12(3)15(16-4)13-8-6-11(2)7-9-13/h6-9,12,15-16H,5,10H2,1-4H3. The van der Waals surface area contributed by atoms with E-state index in [4.69, 9.17) is 4.74 Å². The molecular formula is C15H23NO2S. The summed E-state index contributed by atoms with van der Waals surface area (Å²) < 4.78 is 4.95. The zero-order chi connectivity index (χ0) is 14.3. The molecule has 0 aliphatic rings. The van der Waals surface area contributed by atoms with Crippen LogP contribution in [0.15, 0.2) is 24.3 Å². The molecular weight excluding hydrogens is 258 g/mol. The Morgan fingerprint density at radius 1 is 1.37 bits per heavy atom. The number of esters is 1. The Hall–Kier alpha value is -1.00. The first-order valence-electron chi connectivity index (χ1n) is 6.59. The summed E-state index contributed by atoms with van der Waals surface area (Å²) in [5.74, 6) is 0.261. The minimum Gasteiger partial charge on any atom is -0.465 e. The first-order valence-corrected chi connectivity index (χ1v) is 7.64. The lowest BCUT2D eigenvalue weighted by Gasteiger charge is -2.23. The van der Waals surface area contributed by atoms with Crippen molar-refractivity contribution in [3.8, 4) is 0 Å². The van der Waals surface area contributed by atoms with Crippen LogP contribution >= 0.6 is 11.8 Å². The number of hydrogen-bond donors (Lipinski definition) is 1. The lowest BCUT2D eigenvalue weighted by molar-refractivity contribution is -0.139. The molecule has 1 aromatic carbocycles. The molecule has 2 atom stereocenters. The monoisotopic (exact) mass is 281 g/mol. The van der Waals surface area contributed by atoms with Gasteiger partial charge in [-0.3, -0.25) is 4.79 Å². The van der Waals surface area contributed by atoms with Crippen molar-refractivity contribution in [3.63, 3.8) is 0 Å². The fourth-order valence-electron chi connectivity index (χ4n) is 1.94. The molecule has 0 heterocycles. The summed E-state index contributed by atoms with van der Waals surface area (Å²) in [5, 5.41) is 3.62. The van der Waals surface area contributed by atoms with Crippen LogP contribution in [0.25, 0.3) is 0 Å². The molecule has 19 heavy (non-hydrogen) atoms. The van der Waals surface area contributed by atoms with Crippen LogP contribution < -0.4 is 5.32 Å². The van der Waals surface area contributed by atoms with Crippen LogP contribution in [0, 0.1) is 6.92 Å². The third-order valence-electron chi connectivity index (χ3n) is 2.99. The van der Waals surface area contributed by atoms with Crippen molar-refractivity contribution in [1.29, 1.82) is 0 Å². The van der Waals surface area contributed by atoms with Gasteiger partial charge in [-0.05, 0) is 26.5 Å². The fourth-order valence-corrected chi connectivity index (χ4v) is 2.91. The molecule has 1 N–H and O–H groups in total. The van der Waals surface area contributed by atoms with Crippen molar-refractivity contribution in [3.05, 3.63) is 35.4 Å². The van der Waals surface area contributed by atoms with Gasteiger partial charge in [0.1, 0.15) is 0 Å². The van der Waals surface area contributed by atoms with Gasteiger partial charge >= 0.3 is 5.97 Å². The van der Waals surface area contributed by atoms with Crippen molar-refractivity contribution in [2.24, 2.45) is 0 Å². The summed E-state index contributed by atoms with van der Waals surface area (Å²) in [6, 6.07) is 8.74. The molecule has 106 valence electrons. The van der Waals surface area contributed by atoms with Crippen molar-refractivity contribution in [1.82, 2.24) is 5.32 Å². The average Bonchev–Trinajstić information content (AvgIpc) is 2.40. The summed E-state index contributed by atoms with van der Waals surface area (Å²) in [5.41, 5.74) is 2.50. The van der Waals surface area contributed by atoms with Gasteiger partial charge in [-0.1, -0.05) is 36.8 Å². The zero-order valence-corrected chi connectivity index (χ0v) is 12.9. The average molecular weight is 281 g/mol. The van der Waals surface area contributed by atoms with Crippen LogP contribution in [0.4, 0.5) is 0 Å². The smallest absolute Gasteiger partial charge is 0.315 e. The Bertz CT molecular complexity index is 392. The molecule has 0 radical (unpaired) electrons. The predicted octanol–water partition coefficient (Wildman–Crippen LogP) is 2.94. The van der Waals surface area contributed by atoms with Gasteiger partial charge in [0.25, 0.3) is 0 Å². The van der Waals surface area contributed by atoms with Crippen molar-refractivity contribution < 1.29 is 9.53 Å². The van der Waals surface area contributed by atoms with Gasteiger partial charge in [-0.2, -0.15) is 0 Å². The number of ether oxygens (including phenoxy) is 1. The number of benzene rings is 1. The van der Waals surface area contributed by atoms with Crippen LogP contribution in [0.2, 0.25) is 0 Å². The molecule has 1 aromatic rings. The lowest BCUT2D eigenvalue weighted by Crippen LogP contribution is -2.26. The zero-order valence-electron chi connectivity index (χ0n) is 12.1. The molecule has 0 spiro atoms. The van der Waals surface area contributed by atoms with Crippen molar-refractivity contribution in [2.45, 2.75) is 32.1 Å². The number of thioether (sulfide) groups is 1. The van der Waals surface area contributed by atoms with E-state index in [2.05, 4.69) is 43.4 Å². The normalized spacial score (nSPS) is 13.9. The molecule has 0 aliphatic heterocycles. The van der Waals surface area contributed by atoms with Crippen LogP contribution in [-0.2, 0) is 9.53 Å². The molecule has 0 amide bonds. The van der Waals surface area contributed by atoms with E-state index in [1.54, 1.807) is 11.8 Å². The van der Waals surface area contributed by atoms with Gasteiger partial charge in [0, 0.05) is 11.3 Å². The maximum absolute atomic E-state index is 11.4. The van der Waals surface area contributed by atoms with Crippen molar-refractivity contribution >= 4 is 17.7 Å². The number of aryl methyl sites for hydroxylation is 1. The maximum atomic E-state index is 11.4. The summed E-state index contributed by atoms with van der Waals surface area (Å²) in [6.07, 6.45) is 0. The molecule has 2 unspecified atom stereocenters. The van der Waals surface area contributed by atoms with Crippen molar-refractivity contribution in [2.75, 3.05) is 19.4 Å². The maximum Gasteiger partial charge on any atom is 0.315 e. The minimum atomic E-state index is -0.141. The largest absolute Gasteiger partial charge is 0.465 e. The van der Waals surface area contributed by atoms with Crippen LogP contribution in [0.1, 0.15) is 31.0 Å². The first-order chi connectivity index (χ1) is 9.08. The highest BCUT2D eigenvalue weighted by Crippen LogP contribution is 2.26. The van der Waals surface area contributed by atoms with Crippen LogP contribution in [0.5, 0.6) is 0 Å². The summed E-state index contributed by atoms with van der Waals surface area (Å²) >= 11 is 1.62. The molecule has 0 aromatic heterocycles. The highest BCUT2D eigenvalue weighted by molar-refractivity contribution is 8.00. The van der Waals surface area contributed by atoms with Gasteiger partial charge in [-0.15, -0.1) is 11.8 Å². The Kier molecular flexibility index (Phi) is 6.95.